The third-order valence-corrected chi connectivity index (χ3v) is 3.39. The summed E-state index contributed by atoms with van der Waals surface area (Å²) in [5.41, 5.74) is 2.26. The van der Waals surface area contributed by atoms with E-state index in [-0.39, 0.29) is 11.8 Å². The molecule has 21 heavy (non-hydrogen) atoms. The van der Waals surface area contributed by atoms with Gasteiger partial charge in [-0.15, -0.1) is 0 Å². The maximum Gasteiger partial charge on any atom is 0.243 e. The van der Waals surface area contributed by atoms with Crippen molar-refractivity contribution in [3.05, 3.63) is 0 Å². The van der Waals surface area contributed by atoms with Gasteiger partial charge in [-0.2, -0.15) is 5.10 Å². The summed E-state index contributed by atoms with van der Waals surface area (Å²) in [5.74, 6) is -0.419. The highest BCUT2D eigenvalue weighted by Crippen LogP contribution is 2.11. The second-order valence-electron chi connectivity index (χ2n) is 5.00. The van der Waals surface area contributed by atoms with E-state index in [1.54, 1.807) is 0 Å². The fourth-order valence-corrected chi connectivity index (χ4v) is 1.98. The van der Waals surface area contributed by atoms with Crippen LogP contribution in [-0.2, 0) is 4.79 Å². The lowest BCUT2D eigenvalue weighted by atomic mass is 9.98. The number of piperidine rings is 1. The van der Waals surface area contributed by atoms with E-state index in [4.69, 9.17) is 10.2 Å². The van der Waals surface area contributed by atoms with Crippen LogP contribution in [0.4, 0.5) is 0 Å². The van der Waals surface area contributed by atoms with Crippen molar-refractivity contribution in [2.45, 2.75) is 37.3 Å². The average molecular weight is 305 g/mol. The van der Waals surface area contributed by atoms with Crippen molar-refractivity contribution in [2.75, 3.05) is 19.7 Å². The van der Waals surface area contributed by atoms with Crippen LogP contribution in [0.5, 0.6) is 0 Å². The van der Waals surface area contributed by atoms with E-state index in [1.807, 2.05) is 0 Å². The van der Waals surface area contributed by atoms with Gasteiger partial charge in [-0.05, 0) is 25.9 Å². The van der Waals surface area contributed by atoms with E-state index in [1.165, 1.54) is 0 Å². The van der Waals surface area contributed by atoms with Gasteiger partial charge >= 0.3 is 0 Å². The zero-order valence-electron chi connectivity index (χ0n) is 11.6. The Morgan fingerprint density at radius 2 is 1.86 bits per heavy atom. The highest BCUT2D eigenvalue weighted by atomic mass is 16.4. The Balaban J connectivity index is 2.39. The lowest BCUT2D eigenvalue weighted by Gasteiger charge is -2.23. The molecule has 0 aromatic heterocycles. The fraction of sp³-hybridized carbons (Fsp3) is 0.833. The Kier molecular flexibility index (Phi) is 7.72. The maximum absolute atomic E-state index is 11.7. The van der Waals surface area contributed by atoms with Crippen LogP contribution in [0.1, 0.15) is 12.8 Å². The lowest BCUT2D eigenvalue weighted by molar-refractivity contribution is -0.125. The summed E-state index contributed by atoms with van der Waals surface area (Å²) in [7, 11) is 0. The fourth-order valence-electron chi connectivity index (χ4n) is 1.98. The Labute approximate surface area is 122 Å². The van der Waals surface area contributed by atoms with Crippen LogP contribution in [0.2, 0.25) is 0 Å². The van der Waals surface area contributed by atoms with E-state index in [0.717, 1.165) is 19.3 Å². The maximum atomic E-state index is 11.7. The number of nitrogens with zero attached hydrogens (tertiary/aromatic N) is 1. The van der Waals surface area contributed by atoms with Crippen LogP contribution in [0.3, 0.4) is 0 Å². The molecule has 9 nitrogen and oxygen atoms in total. The average Bonchev–Trinajstić information content (AvgIpc) is 2.53. The minimum atomic E-state index is -1.73. The Bertz CT molecular complexity index is 348. The van der Waals surface area contributed by atoms with Crippen molar-refractivity contribution < 1.29 is 30.3 Å². The molecule has 1 amide bonds. The van der Waals surface area contributed by atoms with Crippen LogP contribution < -0.4 is 10.7 Å². The predicted octanol–water partition coefficient (Wildman–Crippen LogP) is -3.48. The summed E-state index contributed by atoms with van der Waals surface area (Å²) in [6.07, 6.45) is -4.36. The summed E-state index contributed by atoms with van der Waals surface area (Å²) in [6.45, 7) is 0.761. The number of hydrogen-bond donors (Lipinski definition) is 7. The smallest absolute Gasteiger partial charge is 0.243 e. The van der Waals surface area contributed by atoms with Gasteiger partial charge < -0.3 is 30.8 Å². The summed E-state index contributed by atoms with van der Waals surface area (Å²) < 4.78 is 0. The molecule has 1 heterocycles. The van der Waals surface area contributed by atoms with Crippen molar-refractivity contribution in [3.8, 4) is 0 Å². The van der Waals surface area contributed by atoms with Gasteiger partial charge in [0.1, 0.15) is 24.4 Å². The quantitative estimate of drug-likeness (QED) is 0.190. The molecule has 7 N–H and O–H groups in total. The number of hydrazone groups is 1. The molecule has 4 atom stereocenters. The molecule has 4 unspecified atom stereocenters. The standard InChI is InChI=1S/C12H23N3O6/c16-6-9(18)11(20)10(19)8(17)5-14-15-12(21)7-1-3-13-4-2-7/h5,7-11,13,16-20H,1-4,6H2,(H,15,21)/b14-5+. The van der Waals surface area contributed by atoms with Crippen LogP contribution in [-0.4, -0.2) is 81.8 Å². The minimum absolute atomic E-state index is 0.146. The van der Waals surface area contributed by atoms with E-state index < -0.39 is 31.0 Å². The summed E-state index contributed by atoms with van der Waals surface area (Å²) >= 11 is 0. The minimum Gasteiger partial charge on any atom is -0.394 e. The molecule has 122 valence electrons. The molecule has 1 rings (SSSR count). The van der Waals surface area contributed by atoms with Gasteiger partial charge in [0.15, 0.2) is 0 Å². The number of nitrogens with one attached hydrogen (secondary N) is 2. The van der Waals surface area contributed by atoms with Gasteiger partial charge in [-0.25, -0.2) is 5.43 Å². The lowest BCUT2D eigenvalue weighted by Crippen LogP contribution is -2.46. The molecule has 1 aliphatic rings. The normalized spacial score (nSPS) is 22.7. The molecule has 0 aromatic rings. The zero-order chi connectivity index (χ0) is 15.8. The SMILES string of the molecule is O=C(N/N=C/C(O)C(O)C(O)C(O)CO)C1CCNCC1. The first-order valence-electron chi connectivity index (χ1n) is 6.84. The Hall–Kier alpha value is -1.10. The molecular weight excluding hydrogens is 282 g/mol. The number of rotatable bonds is 7. The van der Waals surface area contributed by atoms with Gasteiger partial charge in [0.25, 0.3) is 0 Å². The number of amides is 1. The first kappa shape index (κ1) is 18.0. The topological polar surface area (TPSA) is 155 Å². The first-order valence-corrected chi connectivity index (χ1v) is 6.84. The van der Waals surface area contributed by atoms with Gasteiger partial charge in [0.05, 0.1) is 12.8 Å². The molecular formula is C12H23N3O6. The second-order valence-corrected chi connectivity index (χ2v) is 5.00. The van der Waals surface area contributed by atoms with E-state index >= 15 is 0 Å². The molecule has 0 aromatic carbocycles. The van der Waals surface area contributed by atoms with Gasteiger partial charge in [-0.3, -0.25) is 4.79 Å². The van der Waals surface area contributed by atoms with E-state index in [0.29, 0.717) is 12.8 Å². The monoisotopic (exact) mass is 305 g/mol. The number of hydrogen-bond acceptors (Lipinski definition) is 8. The highest BCUT2D eigenvalue weighted by molar-refractivity contribution is 5.79. The second kappa shape index (κ2) is 9.03. The number of aliphatic hydroxyl groups is 5. The van der Waals surface area contributed by atoms with E-state index in [2.05, 4.69) is 15.8 Å². The van der Waals surface area contributed by atoms with Crippen LogP contribution in [0, 0.1) is 5.92 Å². The summed E-state index contributed by atoms with van der Waals surface area (Å²) in [5, 5.41) is 52.9. The summed E-state index contributed by atoms with van der Waals surface area (Å²) in [6, 6.07) is 0. The third kappa shape index (κ3) is 5.65. The van der Waals surface area contributed by atoms with Crippen LogP contribution in [0.15, 0.2) is 5.10 Å². The third-order valence-electron chi connectivity index (χ3n) is 3.39. The molecule has 1 saturated heterocycles. The van der Waals surface area contributed by atoms with Crippen LogP contribution in [0.25, 0.3) is 0 Å². The van der Waals surface area contributed by atoms with Crippen LogP contribution >= 0.6 is 0 Å². The molecule has 9 heteroatoms. The highest BCUT2D eigenvalue weighted by Gasteiger charge is 2.29. The van der Waals surface area contributed by atoms with Crippen molar-refractivity contribution in [2.24, 2.45) is 11.0 Å². The zero-order valence-corrected chi connectivity index (χ0v) is 11.6. The van der Waals surface area contributed by atoms with Crippen molar-refractivity contribution in [1.29, 1.82) is 0 Å². The van der Waals surface area contributed by atoms with Crippen molar-refractivity contribution in [1.82, 2.24) is 10.7 Å². The Morgan fingerprint density at radius 3 is 2.43 bits per heavy atom. The number of carbonyl (C=O) groups excluding carboxylic acids is 1. The molecule has 1 fully saturated rings. The molecule has 0 saturated carbocycles. The first-order chi connectivity index (χ1) is 9.97. The van der Waals surface area contributed by atoms with Gasteiger partial charge in [0, 0.05) is 5.92 Å². The Morgan fingerprint density at radius 1 is 1.24 bits per heavy atom. The van der Waals surface area contributed by atoms with Crippen molar-refractivity contribution in [3.63, 3.8) is 0 Å². The largest absolute Gasteiger partial charge is 0.394 e. The molecule has 0 spiro atoms. The van der Waals surface area contributed by atoms with Gasteiger partial charge in [0.2, 0.25) is 5.91 Å². The predicted molar refractivity (Wildman–Crippen MR) is 73.3 cm³/mol. The summed E-state index contributed by atoms with van der Waals surface area (Å²) in [4.78, 5) is 11.7. The number of carbonyl (C=O) groups is 1. The van der Waals surface area contributed by atoms with Gasteiger partial charge in [-0.1, -0.05) is 0 Å². The van der Waals surface area contributed by atoms with Crippen molar-refractivity contribution >= 4 is 12.1 Å². The van der Waals surface area contributed by atoms with E-state index in [9.17, 15) is 20.1 Å². The molecule has 1 aliphatic heterocycles. The molecule has 0 aliphatic carbocycles. The molecule has 0 bridgehead atoms. The molecule has 0 radical (unpaired) electrons. The number of aliphatic hydroxyl groups excluding tert-OH is 5.